The van der Waals surface area contributed by atoms with Gasteiger partial charge in [-0.3, -0.25) is 9.78 Å². The predicted molar refractivity (Wildman–Crippen MR) is 151 cm³/mol. The van der Waals surface area contributed by atoms with Gasteiger partial charge in [0.15, 0.2) is 5.11 Å². The van der Waals surface area contributed by atoms with Gasteiger partial charge in [0.1, 0.15) is 0 Å². The van der Waals surface area contributed by atoms with Crippen LogP contribution >= 0.6 is 12.2 Å². The number of carboxylic acid groups (broad SMARTS) is 1. The molecule has 2 atom stereocenters. The molecule has 5 rings (SSSR count). The minimum atomic E-state index is -0.956. The van der Waals surface area contributed by atoms with Crippen LogP contribution < -0.4 is 15.5 Å². The number of nitrogens with one attached hydrogen (secondary N) is 2. The zero-order valence-electron chi connectivity index (χ0n) is 21.2. The fraction of sp³-hybridized carbons (Fsp3) is 0.172. The van der Waals surface area contributed by atoms with Crippen LogP contribution in [0.4, 0.5) is 11.4 Å². The van der Waals surface area contributed by atoms with Crippen LogP contribution in [0.25, 0.3) is 5.69 Å². The monoisotopic (exact) mass is 525 g/mol. The van der Waals surface area contributed by atoms with Gasteiger partial charge in [-0.15, -0.1) is 0 Å². The van der Waals surface area contributed by atoms with Crippen LogP contribution in [0, 0.1) is 13.8 Å². The van der Waals surface area contributed by atoms with Gasteiger partial charge in [0, 0.05) is 41.6 Å². The minimum Gasteiger partial charge on any atom is -0.478 e. The van der Waals surface area contributed by atoms with Crippen molar-refractivity contribution in [3.63, 3.8) is 0 Å². The van der Waals surface area contributed by atoms with Crippen molar-refractivity contribution >= 4 is 40.6 Å². The Labute approximate surface area is 225 Å². The number of rotatable bonds is 6. The first-order valence-electron chi connectivity index (χ1n) is 12.2. The van der Waals surface area contributed by atoms with Crippen LogP contribution in [-0.4, -0.2) is 31.6 Å². The topological polar surface area (TPSA) is 99.5 Å². The number of hydrogen-bond acceptors (Lipinski definition) is 4. The van der Waals surface area contributed by atoms with E-state index in [1.54, 1.807) is 18.3 Å². The number of benzene rings is 2. The van der Waals surface area contributed by atoms with Crippen molar-refractivity contribution < 1.29 is 14.7 Å². The number of hydrogen-bond donors (Lipinski definition) is 3. The number of aryl methyl sites for hydroxylation is 1. The van der Waals surface area contributed by atoms with Crippen molar-refractivity contribution in [3.05, 3.63) is 107 Å². The number of nitrogens with zero attached hydrogens (tertiary/aromatic N) is 3. The summed E-state index contributed by atoms with van der Waals surface area (Å²) in [5.41, 5.74) is 6.68. The van der Waals surface area contributed by atoms with E-state index in [1.165, 1.54) is 6.92 Å². The van der Waals surface area contributed by atoms with Gasteiger partial charge in [0.25, 0.3) is 0 Å². The van der Waals surface area contributed by atoms with Crippen LogP contribution in [0.15, 0.2) is 79.0 Å². The van der Waals surface area contributed by atoms with Crippen molar-refractivity contribution in [3.8, 4) is 5.69 Å². The van der Waals surface area contributed by atoms with Gasteiger partial charge in [0.05, 0.1) is 23.3 Å². The van der Waals surface area contributed by atoms with E-state index in [4.69, 9.17) is 12.2 Å². The highest BCUT2D eigenvalue weighted by Gasteiger charge is 2.42. The molecule has 3 heterocycles. The largest absolute Gasteiger partial charge is 0.478 e. The fourth-order valence-corrected chi connectivity index (χ4v) is 5.44. The molecule has 8 nitrogen and oxygen atoms in total. The fourth-order valence-electron chi connectivity index (χ4n) is 5.10. The Balaban J connectivity index is 1.61. The summed E-state index contributed by atoms with van der Waals surface area (Å²) in [6, 6.07) is 22.0. The van der Waals surface area contributed by atoms with Crippen LogP contribution in [0.5, 0.6) is 0 Å². The van der Waals surface area contributed by atoms with E-state index in [1.807, 2.05) is 61.5 Å². The first kappa shape index (κ1) is 25.2. The molecule has 1 saturated heterocycles. The molecular weight excluding hydrogens is 498 g/mol. The molecule has 2 aromatic carbocycles. The van der Waals surface area contributed by atoms with E-state index in [0.29, 0.717) is 10.8 Å². The van der Waals surface area contributed by atoms with E-state index in [-0.39, 0.29) is 23.6 Å². The number of thiocarbonyl (C=S) groups is 1. The Morgan fingerprint density at radius 2 is 1.68 bits per heavy atom. The van der Waals surface area contributed by atoms with Gasteiger partial charge in [0.2, 0.25) is 5.91 Å². The third-order valence-electron chi connectivity index (χ3n) is 6.73. The predicted octanol–water partition coefficient (Wildman–Crippen LogP) is 5.32. The number of aromatic nitrogens is 2. The summed E-state index contributed by atoms with van der Waals surface area (Å²) in [4.78, 5) is 29.6. The highest BCUT2D eigenvalue weighted by Crippen LogP contribution is 2.43. The summed E-state index contributed by atoms with van der Waals surface area (Å²) < 4.78 is 2.12. The molecule has 1 fully saturated rings. The molecule has 0 unspecified atom stereocenters. The van der Waals surface area contributed by atoms with Gasteiger partial charge in [-0.2, -0.15) is 0 Å². The van der Waals surface area contributed by atoms with E-state index in [0.717, 1.165) is 34.0 Å². The van der Waals surface area contributed by atoms with Crippen LogP contribution in [0.1, 0.15) is 52.0 Å². The number of pyridine rings is 1. The van der Waals surface area contributed by atoms with E-state index in [9.17, 15) is 14.7 Å². The number of carbonyl (C=O) groups is 2. The standard InChI is InChI=1S/C29H27N5O3S/c1-17-16-24(18(2)33(17)22-11-7-20(8-12-22)28(36)37)27-26(25-6-4-5-15-30-25)32-29(38)34(27)23-13-9-21(10-14-23)31-19(3)35/h4-16,26-27H,1-3H3,(H,31,35)(H,32,38)(H,36,37)/t26-,27+/m0/s1. The maximum absolute atomic E-state index is 11.5. The van der Waals surface area contributed by atoms with Gasteiger partial charge < -0.3 is 25.2 Å². The molecular formula is C29H27N5O3S. The minimum absolute atomic E-state index is 0.131. The Morgan fingerprint density at radius 1 is 1.00 bits per heavy atom. The maximum Gasteiger partial charge on any atom is 0.335 e. The smallest absolute Gasteiger partial charge is 0.335 e. The average molecular weight is 526 g/mol. The lowest BCUT2D eigenvalue weighted by Crippen LogP contribution is -2.29. The number of anilines is 2. The summed E-state index contributed by atoms with van der Waals surface area (Å²) in [7, 11) is 0. The van der Waals surface area contributed by atoms with Crippen molar-refractivity contribution in [1.29, 1.82) is 0 Å². The van der Waals surface area contributed by atoms with Gasteiger partial charge in [-0.1, -0.05) is 6.07 Å². The van der Waals surface area contributed by atoms with E-state index in [2.05, 4.69) is 38.1 Å². The van der Waals surface area contributed by atoms with E-state index >= 15 is 0 Å². The van der Waals surface area contributed by atoms with Crippen molar-refractivity contribution in [2.24, 2.45) is 0 Å². The Hall–Kier alpha value is -4.50. The number of aromatic carboxylic acids is 1. The molecule has 3 N–H and O–H groups in total. The molecule has 0 bridgehead atoms. The normalized spacial score (nSPS) is 16.8. The highest BCUT2D eigenvalue weighted by molar-refractivity contribution is 7.80. The Bertz CT molecular complexity index is 1510. The van der Waals surface area contributed by atoms with Crippen LogP contribution in [0.2, 0.25) is 0 Å². The molecule has 38 heavy (non-hydrogen) atoms. The van der Waals surface area contributed by atoms with Gasteiger partial charge in [-0.25, -0.2) is 4.79 Å². The quantitative estimate of drug-likeness (QED) is 0.293. The second-order valence-electron chi connectivity index (χ2n) is 9.24. The highest BCUT2D eigenvalue weighted by atomic mass is 32.1. The third-order valence-corrected chi connectivity index (χ3v) is 7.04. The lowest BCUT2D eigenvalue weighted by Gasteiger charge is -2.28. The summed E-state index contributed by atoms with van der Waals surface area (Å²) in [6.45, 7) is 5.57. The summed E-state index contributed by atoms with van der Waals surface area (Å²) in [6.07, 6.45) is 1.77. The summed E-state index contributed by atoms with van der Waals surface area (Å²) in [5.74, 6) is -1.09. The van der Waals surface area contributed by atoms with Crippen molar-refractivity contribution in [1.82, 2.24) is 14.9 Å². The molecule has 0 saturated carbocycles. The number of carbonyl (C=O) groups excluding carboxylic acids is 1. The van der Waals surface area contributed by atoms with Gasteiger partial charge in [-0.05, 0) is 98.4 Å². The Kier molecular flexibility index (Phi) is 6.69. The molecule has 4 aromatic rings. The molecule has 9 heteroatoms. The Morgan fingerprint density at radius 3 is 2.29 bits per heavy atom. The number of amides is 1. The second-order valence-corrected chi connectivity index (χ2v) is 9.63. The molecule has 1 aliphatic rings. The maximum atomic E-state index is 11.5. The third kappa shape index (κ3) is 4.64. The zero-order chi connectivity index (χ0) is 27.0. The molecule has 1 amide bonds. The summed E-state index contributed by atoms with van der Waals surface area (Å²) >= 11 is 5.85. The van der Waals surface area contributed by atoms with Crippen LogP contribution in [-0.2, 0) is 4.79 Å². The number of carboxylic acids is 1. The SMILES string of the molecule is CC(=O)Nc1ccc(N2C(=S)N[C@@H](c3ccccn3)[C@H]2c2cc(C)n(-c3ccc(C(=O)O)cc3)c2C)cc1. The van der Waals surface area contributed by atoms with Crippen molar-refractivity contribution in [2.45, 2.75) is 32.9 Å². The molecule has 0 radical (unpaired) electrons. The molecule has 192 valence electrons. The first-order chi connectivity index (χ1) is 18.2. The summed E-state index contributed by atoms with van der Waals surface area (Å²) in [5, 5.41) is 16.2. The first-order valence-corrected chi connectivity index (χ1v) is 12.6. The van der Waals surface area contributed by atoms with Crippen LogP contribution in [0.3, 0.4) is 0 Å². The molecule has 2 aromatic heterocycles. The molecule has 0 aliphatic carbocycles. The average Bonchev–Trinajstić information content (AvgIpc) is 3.39. The molecule has 0 spiro atoms. The van der Waals surface area contributed by atoms with Crippen molar-refractivity contribution in [2.75, 3.05) is 10.2 Å². The zero-order valence-corrected chi connectivity index (χ0v) is 22.0. The van der Waals surface area contributed by atoms with Gasteiger partial charge >= 0.3 is 5.97 Å². The van der Waals surface area contributed by atoms with E-state index < -0.39 is 5.97 Å². The second kappa shape index (κ2) is 10.1. The lowest BCUT2D eigenvalue weighted by molar-refractivity contribution is -0.114. The molecule has 1 aliphatic heterocycles. The lowest BCUT2D eigenvalue weighted by atomic mass is 9.96.